The van der Waals surface area contributed by atoms with Crippen molar-refractivity contribution in [3.8, 4) is 0 Å². The van der Waals surface area contributed by atoms with Gasteiger partial charge in [-0.1, -0.05) is 0 Å². The molecule has 0 aromatic carbocycles. The Morgan fingerprint density at radius 1 is 1.39 bits per heavy atom. The zero-order valence-electron chi connectivity index (χ0n) is 10.7. The van der Waals surface area contributed by atoms with Crippen LogP contribution in [0.25, 0.3) is 0 Å². The Balaban J connectivity index is 1.83. The molecule has 0 spiro atoms. The fourth-order valence-corrected chi connectivity index (χ4v) is 3.55. The predicted molar refractivity (Wildman–Crippen MR) is 73.8 cm³/mol. The molecule has 0 bridgehead atoms. The van der Waals surface area contributed by atoms with Crippen molar-refractivity contribution in [2.24, 2.45) is 5.92 Å². The van der Waals surface area contributed by atoms with Crippen LogP contribution in [0.1, 0.15) is 30.4 Å². The van der Waals surface area contributed by atoms with Crippen LogP contribution >= 0.6 is 11.8 Å². The Bertz CT molecular complexity index is 432. The Morgan fingerprint density at radius 3 is 3.11 bits per heavy atom. The predicted octanol–water partition coefficient (Wildman–Crippen LogP) is 2.23. The van der Waals surface area contributed by atoms with Gasteiger partial charge in [0.15, 0.2) is 0 Å². The molecule has 1 aromatic heterocycles. The number of rotatable bonds is 4. The summed E-state index contributed by atoms with van der Waals surface area (Å²) < 4.78 is 5.42. The maximum absolute atomic E-state index is 5.42. The van der Waals surface area contributed by atoms with Crippen molar-refractivity contribution in [2.45, 2.75) is 31.3 Å². The van der Waals surface area contributed by atoms with Crippen LogP contribution in [0.3, 0.4) is 0 Å². The van der Waals surface area contributed by atoms with Gasteiger partial charge in [0.05, 0.1) is 5.69 Å². The number of anilines is 1. The van der Waals surface area contributed by atoms with E-state index in [9.17, 15) is 0 Å². The van der Waals surface area contributed by atoms with Gasteiger partial charge in [0, 0.05) is 43.2 Å². The highest BCUT2D eigenvalue weighted by Gasteiger charge is 2.22. The summed E-state index contributed by atoms with van der Waals surface area (Å²) >= 11 is 1.93. The van der Waals surface area contributed by atoms with Gasteiger partial charge in [-0.05, 0) is 19.3 Å². The zero-order chi connectivity index (χ0) is 12.4. The maximum Gasteiger partial charge on any atom is 0.134 e. The average Bonchev–Trinajstić information content (AvgIpc) is 3.00. The molecule has 1 N–H and O–H groups in total. The number of hydrogen-bond acceptors (Lipinski definition) is 5. The highest BCUT2D eigenvalue weighted by molar-refractivity contribution is 7.98. The van der Waals surface area contributed by atoms with Crippen molar-refractivity contribution in [3.63, 3.8) is 0 Å². The van der Waals surface area contributed by atoms with E-state index in [0.717, 1.165) is 55.7 Å². The molecule has 1 atom stereocenters. The summed E-state index contributed by atoms with van der Waals surface area (Å²) in [5.41, 5.74) is 2.55. The molecule has 0 radical (unpaired) electrons. The second-order valence-corrected chi connectivity index (χ2v) is 5.86. The Morgan fingerprint density at radius 2 is 2.33 bits per heavy atom. The number of nitrogens with zero attached hydrogens (tertiary/aromatic N) is 2. The minimum absolute atomic E-state index is 0.603. The van der Waals surface area contributed by atoms with Crippen LogP contribution in [0.15, 0.2) is 0 Å². The first kappa shape index (κ1) is 12.2. The molecule has 4 nitrogen and oxygen atoms in total. The third-order valence-electron chi connectivity index (χ3n) is 3.46. The zero-order valence-corrected chi connectivity index (χ0v) is 11.6. The molecule has 5 heteroatoms. The molecule has 0 saturated carbocycles. The number of ether oxygens (including phenoxy) is 1. The second-order valence-electron chi connectivity index (χ2n) is 4.87. The number of thioether (sulfide) groups is 1. The van der Waals surface area contributed by atoms with Gasteiger partial charge < -0.3 is 10.1 Å². The van der Waals surface area contributed by atoms with Crippen molar-refractivity contribution in [1.82, 2.24) is 9.97 Å². The van der Waals surface area contributed by atoms with E-state index in [0.29, 0.717) is 5.92 Å². The molecule has 3 rings (SSSR count). The second kappa shape index (κ2) is 5.45. The minimum Gasteiger partial charge on any atom is -0.381 e. The molecule has 98 valence electrons. The summed E-state index contributed by atoms with van der Waals surface area (Å²) in [5.74, 6) is 4.73. The van der Waals surface area contributed by atoms with Crippen molar-refractivity contribution in [1.29, 1.82) is 0 Å². The molecule has 2 aliphatic rings. The van der Waals surface area contributed by atoms with Crippen molar-refractivity contribution >= 4 is 17.6 Å². The van der Waals surface area contributed by atoms with Crippen molar-refractivity contribution in [3.05, 3.63) is 17.1 Å². The largest absolute Gasteiger partial charge is 0.381 e. The van der Waals surface area contributed by atoms with Crippen LogP contribution in [-0.4, -0.2) is 29.7 Å². The van der Waals surface area contributed by atoms with Crippen LogP contribution in [0, 0.1) is 5.92 Å². The van der Waals surface area contributed by atoms with E-state index >= 15 is 0 Å². The average molecular weight is 265 g/mol. The van der Waals surface area contributed by atoms with Gasteiger partial charge in [0.2, 0.25) is 0 Å². The summed E-state index contributed by atoms with van der Waals surface area (Å²) in [4.78, 5) is 9.44. The van der Waals surface area contributed by atoms with E-state index in [1.54, 1.807) is 0 Å². The monoisotopic (exact) mass is 265 g/mol. The molecule has 0 aliphatic carbocycles. The van der Waals surface area contributed by atoms with E-state index in [2.05, 4.69) is 12.2 Å². The van der Waals surface area contributed by atoms with Crippen LogP contribution in [0.2, 0.25) is 0 Å². The SMILES string of the molecule is CCNc1nc(CC2CCOC2)nc2c1CSC2. The van der Waals surface area contributed by atoms with E-state index in [1.165, 1.54) is 11.3 Å². The van der Waals surface area contributed by atoms with Gasteiger partial charge in [0.1, 0.15) is 11.6 Å². The maximum atomic E-state index is 5.42. The van der Waals surface area contributed by atoms with Crippen molar-refractivity contribution < 1.29 is 4.74 Å². The summed E-state index contributed by atoms with van der Waals surface area (Å²) in [5, 5.41) is 3.38. The lowest BCUT2D eigenvalue weighted by Crippen LogP contribution is -2.12. The molecular formula is C13H19N3OS. The minimum atomic E-state index is 0.603. The molecule has 1 aromatic rings. The summed E-state index contributed by atoms with van der Waals surface area (Å²) in [6, 6.07) is 0. The van der Waals surface area contributed by atoms with Crippen molar-refractivity contribution in [2.75, 3.05) is 25.1 Å². The Kier molecular flexibility index (Phi) is 3.70. The van der Waals surface area contributed by atoms with E-state index < -0.39 is 0 Å². The lowest BCUT2D eigenvalue weighted by atomic mass is 10.0. The van der Waals surface area contributed by atoms with Gasteiger partial charge in [0.25, 0.3) is 0 Å². The highest BCUT2D eigenvalue weighted by Crippen LogP contribution is 2.33. The molecule has 1 unspecified atom stereocenters. The fraction of sp³-hybridized carbons (Fsp3) is 0.692. The van der Waals surface area contributed by atoms with E-state index in [1.807, 2.05) is 11.8 Å². The van der Waals surface area contributed by atoms with Gasteiger partial charge in [-0.2, -0.15) is 11.8 Å². The van der Waals surface area contributed by atoms with Gasteiger partial charge in [-0.3, -0.25) is 0 Å². The van der Waals surface area contributed by atoms with Crippen LogP contribution in [0.5, 0.6) is 0 Å². The number of nitrogens with one attached hydrogen (secondary N) is 1. The normalized spacial score (nSPS) is 22.2. The molecule has 2 aliphatic heterocycles. The Hall–Kier alpha value is -0.810. The molecule has 3 heterocycles. The van der Waals surface area contributed by atoms with Gasteiger partial charge >= 0.3 is 0 Å². The number of fused-ring (bicyclic) bond motifs is 1. The van der Waals surface area contributed by atoms with Gasteiger partial charge in [-0.25, -0.2) is 9.97 Å². The summed E-state index contributed by atoms with van der Waals surface area (Å²) in [6.07, 6.45) is 2.10. The Labute approximate surface area is 112 Å². The van der Waals surface area contributed by atoms with Gasteiger partial charge in [-0.15, -0.1) is 0 Å². The number of aromatic nitrogens is 2. The standard InChI is InChI=1S/C13H19N3OS/c1-2-14-13-10-7-18-8-11(10)15-12(16-13)5-9-3-4-17-6-9/h9H,2-8H2,1H3,(H,14,15,16). The molecule has 18 heavy (non-hydrogen) atoms. The first-order valence-electron chi connectivity index (χ1n) is 6.65. The van der Waals surface area contributed by atoms with Crippen LogP contribution in [-0.2, 0) is 22.7 Å². The molecular weight excluding hydrogens is 246 g/mol. The molecule has 0 amide bonds. The first-order valence-corrected chi connectivity index (χ1v) is 7.80. The first-order chi connectivity index (χ1) is 8.86. The third kappa shape index (κ3) is 2.47. The van der Waals surface area contributed by atoms with Crippen LogP contribution in [0.4, 0.5) is 5.82 Å². The summed E-state index contributed by atoms with van der Waals surface area (Å²) in [6.45, 7) is 4.79. The summed E-state index contributed by atoms with van der Waals surface area (Å²) in [7, 11) is 0. The number of hydrogen-bond donors (Lipinski definition) is 1. The molecule has 1 saturated heterocycles. The lowest BCUT2D eigenvalue weighted by molar-refractivity contribution is 0.185. The van der Waals surface area contributed by atoms with E-state index in [-0.39, 0.29) is 0 Å². The highest BCUT2D eigenvalue weighted by atomic mass is 32.2. The topological polar surface area (TPSA) is 47.0 Å². The lowest BCUT2D eigenvalue weighted by Gasteiger charge is -2.12. The third-order valence-corrected chi connectivity index (χ3v) is 4.43. The molecule has 1 fully saturated rings. The quantitative estimate of drug-likeness (QED) is 0.904. The smallest absolute Gasteiger partial charge is 0.134 e. The fourth-order valence-electron chi connectivity index (χ4n) is 2.51. The van der Waals surface area contributed by atoms with E-state index in [4.69, 9.17) is 14.7 Å². The van der Waals surface area contributed by atoms with Crippen LogP contribution < -0.4 is 5.32 Å².